The van der Waals surface area contributed by atoms with Gasteiger partial charge in [0, 0.05) is 18.7 Å². The molecule has 0 spiro atoms. The Balaban J connectivity index is 1.64. The topological polar surface area (TPSA) is 34.0 Å². The van der Waals surface area contributed by atoms with Gasteiger partial charge in [-0.1, -0.05) is 31.0 Å². The number of nitrogens with zero attached hydrogens (tertiary/aromatic N) is 1. The lowest BCUT2D eigenvalue weighted by atomic mass is 10.2. The minimum absolute atomic E-state index is 0.101. The van der Waals surface area contributed by atoms with Gasteiger partial charge in [0.2, 0.25) is 0 Å². The first-order valence-electron chi connectivity index (χ1n) is 7.66. The first-order chi connectivity index (χ1) is 9.84. The molecule has 1 fully saturated rings. The van der Waals surface area contributed by atoms with Gasteiger partial charge in [0.25, 0.3) is 5.56 Å². The van der Waals surface area contributed by atoms with Gasteiger partial charge in [0.05, 0.1) is 5.52 Å². The third-order valence-electron chi connectivity index (χ3n) is 4.25. The zero-order chi connectivity index (χ0) is 13.8. The molecule has 0 saturated heterocycles. The third kappa shape index (κ3) is 2.93. The average molecular weight is 270 g/mol. The summed E-state index contributed by atoms with van der Waals surface area (Å²) in [5.74, 6) is 0. The Morgan fingerprint density at radius 1 is 1.10 bits per heavy atom. The van der Waals surface area contributed by atoms with Crippen molar-refractivity contribution in [3.8, 4) is 0 Å². The lowest BCUT2D eigenvalue weighted by Crippen LogP contribution is -2.28. The van der Waals surface area contributed by atoms with E-state index in [0.29, 0.717) is 6.04 Å². The molecule has 0 unspecified atom stereocenters. The van der Waals surface area contributed by atoms with Crippen molar-refractivity contribution in [2.75, 3.05) is 6.54 Å². The minimum Gasteiger partial charge on any atom is -0.314 e. The molecule has 0 radical (unpaired) electrons. The van der Waals surface area contributed by atoms with Gasteiger partial charge in [-0.25, -0.2) is 0 Å². The van der Waals surface area contributed by atoms with E-state index in [0.717, 1.165) is 30.4 Å². The van der Waals surface area contributed by atoms with E-state index in [4.69, 9.17) is 0 Å². The second-order valence-electron chi connectivity index (χ2n) is 5.67. The van der Waals surface area contributed by atoms with E-state index in [1.165, 1.54) is 25.7 Å². The fraction of sp³-hybridized carbons (Fsp3) is 0.471. The summed E-state index contributed by atoms with van der Waals surface area (Å²) >= 11 is 0. The van der Waals surface area contributed by atoms with Crippen LogP contribution in [0.15, 0.2) is 41.2 Å². The molecule has 0 bridgehead atoms. The fourth-order valence-corrected chi connectivity index (χ4v) is 3.15. The van der Waals surface area contributed by atoms with Gasteiger partial charge < -0.3 is 9.88 Å². The molecule has 1 aliphatic carbocycles. The summed E-state index contributed by atoms with van der Waals surface area (Å²) in [6.07, 6.45) is 6.35. The second-order valence-corrected chi connectivity index (χ2v) is 5.67. The monoisotopic (exact) mass is 270 g/mol. The van der Waals surface area contributed by atoms with Crippen LogP contribution in [0.25, 0.3) is 10.9 Å². The average Bonchev–Trinajstić information content (AvgIpc) is 2.98. The Labute approximate surface area is 119 Å². The van der Waals surface area contributed by atoms with Crippen molar-refractivity contribution in [2.24, 2.45) is 0 Å². The van der Waals surface area contributed by atoms with Gasteiger partial charge in [0.1, 0.15) is 0 Å². The van der Waals surface area contributed by atoms with E-state index >= 15 is 0 Å². The maximum Gasteiger partial charge on any atom is 0.251 e. The van der Waals surface area contributed by atoms with Gasteiger partial charge in [-0.2, -0.15) is 0 Å². The molecule has 3 heteroatoms. The van der Waals surface area contributed by atoms with Crippen molar-refractivity contribution >= 4 is 10.9 Å². The number of aryl methyl sites for hydroxylation is 1. The summed E-state index contributed by atoms with van der Waals surface area (Å²) in [5.41, 5.74) is 1.14. The number of nitrogens with one attached hydrogen (secondary N) is 1. The summed E-state index contributed by atoms with van der Waals surface area (Å²) in [7, 11) is 0. The van der Waals surface area contributed by atoms with Gasteiger partial charge in [-0.05, 0) is 43.3 Å². The molecule has 0 amide bonds. The van der Waals surface area contributed by atoms with Crippen LogP contribution >= 0.6 is 0 Å². The second kappa shape index (κ2) is 6.23. The largest absolute Gasteiger partial charge is 0.314 e. The maximum atomic E-state index is 12.0. The smallest absolute Gasteiger partial charge is 0.251 e. The SMILES string of the molecule is O=c1ccc2ccccc2n1CCCNC1CCCC1. The summed E-state index contributed by atoms with van der Waals surface area (Å²) in [4.78, 5) is 12.0. The number of hydrogen-bond donors (Lipinski definition) is 1. The van der Waals surface area contributed by atoms with Gasteiger partial charge in [-0.3, -0.25) is 4.79 Å². The summed E-state index contributed by atoms with van der Waals surface area (Å²) < 4.78 is 1.89. The molecular weight excluding hydrogens is 248 g/mol. The summed E-state index contributed by atoms with van der Waals surface area (Å²) in [6, 6.07) is 12.4. The standard InChI is InChI=1S/C17H22N2O/c20-17-11-10-14-6-1-4-9-16(14)19(17)13-5-12-18-15-7-2-3-8-15/h1,4,6,9-11,15,18H,2-3,5,7-8,12-13H2. The van der Waals surface area contributed by atoms with E-state index in [1.54, 1.807) is 6.07 Å². The predicted molar refractivity (Wildman–Crippen MR) is 83.1 cm³/mol. The van der Waals surface area contributed by atoms with Crippen LogP contribution in [-0.2, 0) is 6.54 Å². The van der Waals surface area contributed by atoms with Crippen LogP contribution in [0.3, 0.4) is 0 Å². The van der Waals surface area contributed by atoms with Crippen molar-refractivity contribution < 1.29 is 0 Å². The van der Waals surface area contributed by atoms with Gasteiger partial charge >= 0.3 is 0 Å². The highest BCUT2D eigenvalue weighted by atomic mass is 16.1. The molecule has 1 saturated carbocycles. The lowest BCUT2D eigenvalue weighted by molar-refractivity contribution is 0.495. The third-order valence-corrected chi connectivity index (χ3v) is 4.25. The van der Waals surface area contributed by atoms with Crippen LogP contribution in [-0.4, -0.2) is 17.2 Å². The van der Waals surface area contributed by atoms with Crippen LogP contribution in [0.2, 0.25) is 0 Å². The molecule has 3 nitrogen and oxygen atoms in total. The Morgan fingerprint density at radius 3 is 2.75 bits per heavy atom. The number of pyridine rings is 1. The molecule has 1 aliphatic rings. The maximum absolute atomic E-state index is 12.0. The van der Waals surface area contributed by atoms with Crippen molar-refractivity contribution in [3.63, 3.8) is 0 Å². The predicted octanol–water partition coefficient (Wildman–Crippen LogP) is 2.92. The number of rotatable bonds is 5. The first kappa shape index (κ1) is 13.4. The van der Waals surface area contributed by atoms with Crippen molar-refractivity contribution in [2.45, 2.75) is 44.7 Å². The fourth-order valence-electron chi connectivity index (χ4n) is 3.15. The van der Waals surface area contributed by atoms with Crippen LogP contribution in [0.1, 0.15) is 32.1 Å². The van der Waals surface area contributed by atoms with Crippen molar-refractivity contribution in [1.29, 1.82) is 0 Å². The Morgan fingerprint density at radius 2 is 1.90 bits per heavy atom. The molecule has 0 aliphatic heterocycles. The highest BCUT2D eigenvalue weighted by molar-refractivity contribution is 5.78. The molecule has 20 heavy (non-hydrogen) atoms. The number of para-hydroxylation sites is 1. The number of aromatic nitrogens is 1. The summed E-state index contributed by atoms with van der Waals surface area (Å²) in [5, 5.41) is 4.74. The number of benzene rings is 1. The molecule has 2 aromatic rings. The number of hydrogen-bond acceptors (Lipinski definition) is 2. The van der Waals surface area contributed by atoms with E-state index in [2.05, 4.69) is 11.4 Å². The molecule has 3 rings (SSSR count). The molecule has 1 heterocycles. The molecule has 0 atom stereocenters. The molecule has 1 aromatic heterocycles. The Bertz CT molecular complexity index is 626. The van der Waals surface area contributed by atoms with Crippen LogP contribution in [0, 0.1) is 0 Å². The quantitative estimate of drug-likeness (QED) is 0.848. The highest BCUT2D eigenvalue weighted by Gasteiger charge is 2.13. The van der Waals surface area contributed by atoms with E-state index in [9.17, 15) is 4.79 Å². The minimum atomic E-state index is 0.101. The number of fused-ring (bicyclic) bond motifs is 1. The van der Waals surface area contributed by atoms with Gasteiger partial charge in [0.15, 0.2) is 0 Å². The Kier molecular flexibility index (Phi) is 4.16. The zero-order valence-corrected chi connectivity index (χ0v) is 11.8. The molecule has 106 valence electrons. The zero-order valence-electron chi connectivity index (χ0n) is 11.8. The molecular formula is C17H22N2O. The summed E-state index contributed by atoms with van der Waals surface area (Å²) in [6.45, 7) is 1.79. The van der Waals surface area contributed by atoms with Gasteiger partial charge in [-0.15, -0.1) is 0 Å². The first-order valence-corrected chi connectivity index (χ1v) is 7.66. The van der Waals surface area contributed by atoms with E-state index < -0.39 is 0 Å². The highest BCUT2D eigenvalue weighted by Crippen LogP contribution is 2.17. The van der Waals surface area contributed by atoms with Crippen LogP contribution in [0.5, 0.6) is 0 Å². The molecule has 1 aromatic carbocycles. The van der Waals surface area contributed by atoms with E-state index in [-0.39, 0.29) is 5.56 Å². The van der Waals surface area contributed by atoms with Crippen molar-refractivity contribution in [1.82, 2.24) is 9.88 Å². The van der Waals surface area contributed by atoms with Crippen LogP contribution < -0.4 is 10.9 Å². The normalized spacial score (nSPS) is 16.0. The Hall–Kier alpha value is -1.61. The lowest BCUT2D eigenvalue weighted by Gasteiger charge is -2.13. The van der Waals surface area contributed by atoms with E-state index in [1.807, 2.05) is 28.8 Å². The van der Waals surface area contributed by atoms with Crippen molar-refractivity contribution in [3.05, 3.63) is 46.8 Å². The molecule has 1 N–H and O–H groups in total. The van der Waals surface area contributed by atoms with Crippen LogP contribution in [0.4, 0.5) is 0 Å².